The maximum atomic E-state index is 11.1. The van der Waals surface area contributed by atoms with Crippen LogP contribution in [0, 0.1) is 0 Å². The van der Waals surface area contributed by atoms with Crippen LogP contribution in [-0.4, -0.2) is 32.6 Å². The van der Waals surface area contributed by atoms with E-state index in [1.54, 1.807) is 12.1 Å². The van der Waals surface area contributed by atoms with Crippen molar-refractivity contribution in [1.82, 2.24) is 5.32 Å². The van der Waals surface area contributed by atoms with Crippen LogP contribution in [0.1, 0.15) is 15.9 Å². The highest BCUT2D eigenvalue weighted by atomic mass is 32.2. The number of benzene rings is 1. The van der Waals surface area contributed by atoms with Crippen LogP contribution in [-0.2, 0) is 9.68 Å². The number of amides is 1. The summed E-state index contributed by atoms with van der Waals surface area (Å²) in [5.74, 6) is -0.503. The Morgan fingerprint density at radius 1 is 1.44 bits per heavy atom. The van der Waals surface area contributed by atoms with Crippen molar-refractivity contribution in [2.45, 2.75) is 0 Å². The first-order chi connectivity index (χ1) is 8.60. The Morgan fingerprint density at radius 3 is 2.61 bits per heavy atom. The smallest absolute Gasteiger partial charge is 0.311 e. The zero-order chi connectivity index (χ0) is 13.1. The van der Waals surface area contributed by atoms with Gasteiger partial charge in [-0.25, -0.2) is 4.79 Å². The maximum absolute atomic E-state index is 11.1. The summed E-state index contributed by atoms with van der Waals surface area (Å²) in [6.45, 7) is 0. The molecule has 18 heavy (non-hydrogen) atoms. The molecule has 1 aromatic rings. The Bertz CT molecular complexity index is 551. The number of rotatable bonds is 2. The minimum atomic E-state index is -0.808. The van der Waals surface area contributed by atoms with Gasteiger partial charge in [0.25, 0.3) is 0 Å². The summed E-state index contributed by atoms with van der Waals surface area (Å²) in [6.07, 6.45) is 0. The predicted octanol–water partition coefficient (Wildman–Crippen LogP) is 1.15. The van der Waals surface area contributed by atoms with E-state index in [9.17, 15) is 9.59 Å². The van der Waals surface area contributed by atoms with Crippen LogP contribution in [0.25, 0.3) is 0 Å². The molecular weight excluding hydrogens is 274 g/mol. The van der Waals surface area contributed by atoms with Crippen molar-refractivity contribution in [1.29, 1.82) is 0 Å². The highest BCUT2D eigenvalue weighted by Crippen LogP contribution is 2.20. The molecule has 1 aromatic carbocycles. The molecule has 1 aliphatic heterocycles. The number of thiocarbonyl (C=S) groups is 1. The fraction of sp³-hybridized carbons (Fsp3) is 0.0909. The highest BCUT2D eigenvalue weighted by molar-refractivity contribution is 8.35. The molecule has 0 radical (unpaired) electrons. The quantitative estimate of drug-likeness (QED) is 0.484. The van der Waals surface area contributed by atoms with Crippen molar-refractivity contribution < 1.29 is 19.7 Å². The van der Waals surface area contributed by atoms with Crippen LogP contribution in [0.4, 0.5) is 0 Å². The van der Waals surface area contributed by atoms with Crippen LogP contribution in [0.15, 0.2) is 24.3 Å². The van der Waals surface area contributed by atoms with Crippen molar-refractivity contribution >= 4 is 44.3 Å². The minimum Gasteiger partial charge on any atom is -0.311 e. The van der Waals surface area contributed by atoms with Crippen LogP contribution in [0.5, 0.6) is 0 Å². The molecule has 1 heterocycles. The Balaban J connectivity index is 2.21. The maximum Gasteiger partial charge on any atom is 0.372 e. The first-order valence-electron chi connectivity index (χ1n) is 4.94. The molecule has 1 amide bonds. The molecule has 2 rings (SSSR count). The van der Waals surface area contributed by atoms with Crippen molar-refractivity contribution in [3.8, 4) is 0 Å². The number of carbonyl (C=O) groups is 2. The van der Waals surface area contributed by atoms with Crippen LogP contribution in [0.2, 0.25) is 0 Å². The fourth-order valence-corrected chi connectivity index (χ4v) is 3.27. The van der Waals surface area contributed by atoms with Crippen LogP contribution >= 0.6 is 22.7 Å². The summed E-state index contributed by atoms with van der Waals surface area (Å²) in [5, 5.41) is 12.7. The van der Waals surface area contributed by atoms with Crippen molar-refractivity contribution in [3.63, 3.8) is 0 Å². The Labute approximate surface area is 111 Å². The lowest BCUT2D eigenvalue weighted by atomic mass is 10.2. The summed E-state index contributed by atoms with van der Waals surface area (Å²) >= 11 is 5.04. The summed E-state index contributed by atoms with van der Waals surface area (Å²) in [5.41, 5.74) is 1.10. The third-order valence-electron chi connectivity index (χ3n) is 2.27. The van der Waals surface area contributed by atoms with Gasteiger partial charge in [-0.2, -0.15) is 5.26 Å². The second-order valence-electron chi connectivity index (χ2n) is 3.53. The first-order valence-corrected chi connectivity index (χ1v) is 6.81. The molecular formula is C11H9NO4S2. The monoisotopic (exact) mass is 283 g/mol. The lowest BCUT2D eigenvalue weighted by Crippen LogP contribution is -2.18. The topological polar surface area (TPSA) is 75.6 Å². The van der Waals surface area contributed by atoms with Gasteiger partial charge in [0.15, 0.2) is 0 Å². The van der Waals surface area contributed by atoms with Gasteiger partial charge in [0, 0.05) is 0 Å². The second kappa shape index (κ2) is 5.38. The van der Waals surface area contributed by atoms with Crippen molar-refractivity contribution in [2.24, 2.45) is 0 Å². The van der Waals surface area contributed by atoms with Gasteiger partial charge in [-0.1, -0.05) is 24.4 Å². The number of hydrogen-bond acceptors (Lipinski definition) is 5. The summed E-state index contributed by atoms with van der Waals surface area (Å²) < 4.78 is 0.541. The molecule has 1 saturated heterocycles. The van der Waals surface area contributed by atoms with E-state index in [2.05, 4.69) is 10.2 Å². The van der Waals surface area contributed by atoms with E-state index in [1.165, 1.54) is 12.1 Å². The molecule has 1 aliphatic rings. The second-order valence-corrected chi connectivity index (χ2v) is 5.98. The molecule has 1 unspecified atom stereocenters. The largest absolute Gasteiger partial charge is 0.372 e. The summed E-state index contributed by atoms with van der Waals surface area (Å²) in [4.78, 5) is 25.8. The third kappa shape index (κ3) is 2.81. The van der Waals surface area contributed by atoms with E-state index < -0.39 is 16.5 Å². The predicted molar refractivity (Wildman–Crippen MR) is 72.9 cm³/mol. The van der Waals surface area contributed by atoms with E-state index >= 15 is 0 Å². The van der Waals surface area contributed by atoms with Gasteiger partial charge in [0.1, 0.15) is 4.32 Å². The zero-order valence-electron chi connectivity index (χ0n) is 9.08. The third-order valence-corrected chi connectivity index (χ3v) is 4.73. The van der Waals surface area contributed by atoms with Gasteiger partial charge >= 0.3 is 5.97 Å². The van der Waals surface area contributed by atoms with E-state index in [-0.39, 0.29) is 11.5 Å². The standard InChI is InChI=1S/C11H9NO4S2/c13-9-6-18(11(17)12-9)5-7-1-3-8(4-2-7)10(14)16-15/h1-5,15H,6H2,(H,12,13,17). The Morgan fingerprint density at radius 2 is 2.11 bits per heavy atom. The lowest BCUT2D eigenvalue weighted by molar-refractivity contribution is -0.182. The first kappa shape index (κ1) is 12.9. The Hall–Kier alpha value is -1.57. The molecule has 5 nitrogen and oxygen atoms in total. The summed E-state index contributed by atoms with van der Waals surface area (Å²) in [7, 11) is -0.392. The molecule has 1 atom stereocenters. The molecule has 0 bridgehead atoms. The van der Waals surface area contributed by atoms with E-state index in [4.69, 9.17) is 17.5 Å². The lowest BCUT2D eigenvalue weighted by Gasteiger charge is -2.00. The van der Waals surface area contributed by atoms with Gasteiger partial charge in [0.05, 0.1) is 11.3 Å². The molecule has 7 heteroatoms. The number of nitrogens with one attached hydrogen (secondary N) is 1. The van der Waals surface area contributed by atoms with E-state index in [1.807, 2.05) is 5.37 Å². The highest BCUT2D eigenvalue weighted by Gasteiger charge is 2.18. The number of hydrogen-bond donors (Lipinski definition) is 2. The fourth-order valence-electron chi connectivity index (χ4n) is 1.43. The van der Waals surface area contributed by atoms with Crippen LogP contribution in [0.3, 0.4) is 0 Å². The van der Waals surface area contributed by atoms with Gasteiger partial charge < -0.3 is 5.32 Å². The SMILES string of the molecule is O=C1C/S(=C\c2ccc(C(=O)OO)cc2)C(=S)N1. The molecule has 1 fully saturated rings. The van der Waals surface area contributed by atoms with E-state index in [0.29, 0.717) is 10.1 Å². The van der Waals surface area contributed by atoms with Gasteiger partial charge in [-0.05, 0) is 23.1 Å². The molecule has 0 saturated carbocycles. The summed E-state index contributed by atoms with van der Waals surface area (Å²) in [6, 6.07) is 6.46. The molecule has 0 aliphatic carbocycles. The van der Waals surface area contributed by atoms with Gasteiger partial charge in [-0.15, -0.1) is 10.5 Å². The number of carbonyl (C=O) groups excluding carboxylic acids is 2. The van der Waals surface area contributed by atoms with Crippen molar-refractivity contribution in [2.75, 3.05) is 5.75 Å². The van der Waals surface area contributed by atoms with Gasteiger partial charge in [0.2, 0.25) is 5.91 Å². The van der Waals surface area contributed by atoms with Crippen molar-refractivity contribution in [3.05, 3.63) is 35.4 Å². The molecule has 2 N–H and O–H groups in total. The average molecular weight is 283 g/mol. The van der Waals surface area contributed by atoms with Crippen LogP contribution < -0.4 is 5.32 Å². The Kier molecular flexibility index (Phi) is 3.85. The molecule has 94 valence electrons. The van der Waals surface area contributed by atoms with Gasteiger partial charge in [-0.3, -0.25) is 9.68 Å². The molecule has 0 spiro atoms. The zero-order valence-corrected chi connectivity index (χ0v) is 10.7. The minimum absolute atomic E-state index is 0.0694. The average Bonchev–Trinajstić information content (AvgIpc) is 2.68. The molecule has 0 aromatic heterocycles. The normalized spacial score (nSPS) is 18.8. The van der Waals surface area contributed by atoms with E-state index in [0.717, 1.165) is 5.56 Å².